The number of aryl methyl sites for hydroxylation is 3. The number of nitrogens with zero attached hydrogens (tertiary/aromatic N) is 2. The van der Waals surface area contributed by atoms with E-state index < -0.39 is 26.9 Å². The summed E-state index contributed by atoms with van der Waals surface area (Å²) in [5, 5.41) is 13.8. The van der Waals surface area contributed by atoms with E-state index in [2.05, 4.69) is 5.32 Å². The van der Waals surface area contributed by atoms with Gasteiger partial charge in [-0.1, -0.05) is 23.8 Å². The van der Waals surface area contributed by atoms with Gasteiger partial charge in [0.25, 0.3) is 5.69 Å². The molecule has 1 atom stereocenters. The second-order valence-electron chi connectivity index (χ2n) is 7.70. The van der Waals surface area contributed by atoms with E-state index in [1.807, 2.05) is 19.1 Å². The lowest BCUT2D eigenvalue weighted by molar-refractivity contribution is -0.385. The van der Waals surface area contributed by atoms with Gasteiger partial charge in [-0.2, -0.15) is 4.31 Å². The lowest BCUT2D eigenvalue weighted by Crippen LogP contribution is -2.43. The van der Waals surface area contributed by atoms with Crippen molar-refractivity contribution in [3.8, 4) is 0 Å². The van der Waals surface area contributed by atoms with Gasteiger partial charge in [-0.15, -0.1) is 0 Å². The highest BCUT2D eigenvalue weighted by Crippen LogP contribution is 2.32. The highest BCUT2D eigenvalue weighted by molar-refractivity contribution is 7.89. The van der Waals surface area contributed by atoms with Crippen molar-refractivity contribution < 1.29 is 18.1 Å². The lowest BCUT2D eigenvalue weighted by atomic mass is 10.1. The molecule has 1 heterocycles. The van der Waals surface area contributed by atoms with Crippen LogP contribution in [0.25, 0.3) is 0 Å². The van der Waals surface area contributed by atoms with Gasteiger partial charge in [0, 0.05) is 12.6 Å². The first-order valence-corrected chi connectivity index (χ1v) is 11.1. The second-order valence-corrected chi connectivity index (χ2v) is 9.53. The van der Waals surface area contributed by atoms with Gasteiger partial charge < -0.3 is 5.32 Å². The van der Waals surface area contributed by atoms with Gasteiger partial charge in [-0.25, -0.2) is 8.42 Å². The van der Waals surface area contributed by atoms with Crippen LogP contribution in [0.2, 0.25) is 0 Å². The van der Waals surface area contributed by atoms with Crippen LogP contribution in [-0.2, 0) is 14.8 Å². The van der Waals surface area contributed by atoms with Crippen molar-refractivity contribution in [3.63, 3.8) is 0 Å². The molecule has 160 valence electrons. The predicted octanol–water partition coefficient (Wildman–Crippen LogP) is 3.62. The second kappa shape index (κ2) is 8.16. The minimum Gasteiger partial charge on any atom is -0.324 e. The lowest BCUT2D eigenvalue weighted by Gasteiger charge is -2.25. The zero-order valence-electron chi connectivity index (χ0n) is 17.4. The van der Waals surface area contributed by atoms with E-state index in [1.165, 1.54) is 16.4 Å². The molecule has 1 N–H and O–H groups in total. The van der Waals surface area contributed by atoms with Crippen LogP contribution in [0.4, 0.5) is 11.4 Å². The van der Waals surface area contributed by atoms with E-state index in [0.717, 1.165) is 5.56 Å². The number of nitrogens with one attached hydrogen (secondary N) is 1. The summed E-state index contributed by atoms with van der Waals surface area (Å²) in [6.07, 6.45) is 0.957. The number of sulfonamides is 1. The third-order valence-corrected chi connectivity index (χ3v) is 7.65. The van der Waals surface area contributed by atoms with Crippen LogP contribution >= 0.6 is 0 Å². The summed E-state index contributed by atoms with van der Waals surface area (Å²) in [7, 11) is -3.87. The first-order chi connectivity index (χ1) is 14.0. The molecule has 2 aromatic carbocycles. The van der Waals surface area contributed by atoms with Crippen LogP contribution in [0.3, 0.4) is 0 Å². The van der Waals surface area contributed by atoms with Crippen molar-refractivity contribution in [2.24, 2.45) is 0 Å². The van der Waals surface area contributed by atoms with Gasteiger partial charge in [0.05, 0.1) is 21.1 Å². The number of nitro benzene ring substituents is 1. The standard InChI is InChI=1S/C21H25N3O5S/c1-13-11-14(2)20(15(3)12-13)30(28,29)23-10-6-9-19(23)21(25)22-17-7-5-8-18(16(17)4)24(26)27/h5,7-8,11-12,19H,6,9-10H2,1-4H3,(H,22,25). The number of anilines is 1. The molecule has 0 aromatic heterocycles. The van der Waals surface area contributed by atoms with E-state index >= 15 is 0 Å². The van der Waals surface area contributed by atoms with Gasteiger partial charge in [-0.05, 0) is 57.7 Å². The van der Waals surface area contributed by atoms with Gasteiger partial charge in [0.15, 0.2) is 0 Å². The van der Waals surface area contributed by atoms with Gasteiger partial charge in [-0.3, -0.25) is 14.9 Å². The number of hydrogen-bond acceptors (Lipinski definition) is 5. The molecule has 0 saturated carbocycles. The average molecular weight is 432 g/mol. The van der Waals surface area contributed by atoms with E-state index in [4.69, 9.17) is 0 Å². The number of carbonyl (C=O) groups excluding carboxylic acids is 1. The first kappa shape index (κ1) is 21.9. The molecule has 30 heavy (non-hydrogen) atoms. The molecule has 1 amide bonds. The molecule has 1 unspecified atom stereocenters. The summed E-state index contributed by atoms with van der Waals surface area (Å²) < 4.78 is 28.1. The minimum absolute atomic E-state index is 0.102. The summed E-state index contributed by atoms with van der Waals surface area (Å²) in [4.78, 5) is 23.8. The summed E-state index contributed by atoms with van der Waals surface area (Å²) in [5.74, 6) is -0.484. The van der Waals surface area contributed by atoms with Crippen LogP contribution in [0.15, 0.2) is 35.2 Å². The van der Waals surface area contributed by atoms with Crippen molar-refractivity contribution in [3.05, 3.63) is 62.7 Å². The number of hydrogen-bond donors (Lipinski definition) is 1. The molecule has 2 aromatic rings. The van der Waals surface area contributed by atoms with Crippen LogP contribution in [0.1, 0.15) is 35.1 Å². The van der Waals surface area contributed by atoms with Crippen molar-refractivity contribution in [1.29, 1.82) is 0 Å². The molecule has 0 aliphatic carbocycles. The van der Waals surface area contributed by atoms with Crippen molar-refractivity contribution >= 4 is 27.3 Å². The van der Waals surface area contributed by atoms with Crippen LogP contribution in [0, 0.1) is 37.8 Å². The molecule has 0 radical (unpaired) electrons. The quantitative estimate of drug-likeness (QED) is 0.574. The third-order valence-electron chi connectivity index (χ3n) is 5.44. The molecular weight excluding hydrogens is 406 g/mol. The molecule has 1 fully saturated rings. The van der Waals surface area contributed by atoms with Crippen LogP contribution in [0.5, 0.6) is 0 Å². The monoisotopic (exact) mass is 431 g/mol. The van der Waals surface area contributed by atoms with Crippen molar-refractivity contribution in [1.82, 2.24) is 4.31 Å². The Morgan fingerprint density at radius 2 is 1.80 bits per heavy atom. The molecule has 8 nitrogen and oxygen atoms in total. The Morgan fingerprint density at radius 1 is 1.17 bits per heavy atom. The molecule has 0 bridgehead atoms. The topological polar surface area (TPSA) is 110 Å². The maximum absolute atomic E-state index is 13.4. The smallest absolute Gasteiger partial charge is 0.274 e. The molecule has 1 aliphatic rings. The number of carbonyl (C=O) groups is 1. The fraction of sp³-hybridized carbons (Fsp3) is 0.381. The molecule has 1 saturated heterocycles. The fourth-order valence-electron chi connectivity index (χ4n) is 4.15. The Labute approximate surface area is 176 Å². The Morgan fingerprint density at radius 3 is 2.40 bits per heavy atom. The van der Waals surface area contributed by atoms with E-state index in [0.29, 0.717) is 35.2 Å². The Kier molecular flexibility index (Phi) is 5.96. The zero-order valence-corrected chi connectivity index (χ0v) is 18.2. The van der Waals surface area contributed by atoms with E-state index in [1.54, 1.807) is 26.8 Å². The van der Waals surface area contributed by atoms with Gasteiger partial charge in [0.1, 0.15) is 6.04 Å². The third kappa shape index (κ3) is 3.95. The van der Waals surface area contributed by atoms with Crippen molar-refractivity contribution in [2.75, 3.05) is 11.9 Å². The van der Waals surface area contributed by atoms with Crippen LogP contribution < -0.4 is 5.32 Å². The maximum Gasteiger partial charge on any atom is 0.274 e. The summed E-state index contributed by atoms with van der Waals surface area (Å²) in [6.45, 7) is 7.22. The SMILES string of the molecule is Cc1cc(C)c(S(=O)(=O)N2CCCC2C(=O)Nc2cccc([N+](=O)[O-])c2C)c(C)c1. The Hall–Kier alpha value is -2.78. The molecule has 3 rings (SSSR count). The summed E-state index contributed by atoms with van der Waals surface area (Å²) >= 11 is 0. The molecule has 0 spiro atoms. The highest BCUT2D eigenvalue weighted by atomic mass is 32.2. The summed E-state index contributed by atoms with van der Waals surface area (Å²) in [5.41, 5.74) is 2.80. The maximum atomic E-state index is 13.4. The predicted molar refractivity (Wildman–Crippen MR) is 114 cm³/mol. The number of nitro groups is 1. The zero-order chi connectivity index (χ0) is 22.2. The number of amides is 1. The summed E-state index contributed by atoms with van der Waals surface area (Å²) in [6, 6.07) is 7.19. The molecule has 9 heteroatoms. The fourth-order valence-corrected chi connectivity index (χ4v) is 6.23. The Bertz CT molecular complexity index is 1100. The minimum atomic E-state index is -3.87. The number of rotatable bonds is 5. The average Bonchev–Trinajstić information content (AvgIpc) is 3.13. The Balaban J connectivity index is 1.92. The van der Waals surface area contributed by atoms with Crippen molar-refractivity contribution in [2.45, 2.75) is 51.5 Å². The molecule has 1 aliphatic heterocycles. The van der Waals surface area contributed by atoms with E-state index in [-0.39, 0.29) is 17.1 Å². The highest BCUT2D eigenvalue weighted by Gasteiger charge is 2.40. The largest absolute Gasteiger partial charge is 0.324 e. The number of benzene rings is 2. The van der Waals surface area contributed by atoms with Gasteiger partial charge in [0.2, 0.25) is 15.9 Å². The van der Waals surface area contributed by atoms with Crippen LogP contribution in [-0.4, -0.2) is 36.1 Å². The first-order valence-electron chi connectivity index (χ1n) is 9.68. The van der Waals surface area contributed by atoms with Gasteiger partial charge >= 0.3 is 0 Å². The normalized spacial score (nSPS) is 17.1. The van der Waals surface area contributed by atoms with E-state index in [9.17, 15) is 23.3 Å². The molecular formula is C21H25N3O5S.